The van der Waals surface area contributed by atoms with E-state index in [2.05, 4.69) is 33.0 Å². The summed E-state index contributed by atoms with van der Waals surface area (Å²) in [6, 6.07) is 7.14. The third kappa shape index (κ3) is 6.05. The molecule has 1 aromatic carbocycles. The second kappa shape index (κ2) is 9.54. The van der Waals surface area contributed by atoms with Gasteiger partial charge in [-0.05, 0) is 31.0 Å². The van der Waals surface area contributed by atoms with Gasteiger partial charge in [-0.25, -0.2) is 4.79 Å². The summed E-state index contributed by atoms with van der Waals surface area (Å²) < 4.78 is 0. The molecule has 0 unspecified atom stereocenters. The minimum Gasteiger partial charge on any atom is -0.374 e. The number of nitrogens with one attached hydrogen (secondary N) is 3. The highest BCUT2D eigenvalue weighted by molar-refractivity contribution is 7.99. The van der Waals surface area contributed by atoms with Gasteiger partial charge in [0.1, 0.15) is 6.04 Å². The summed E-state index contributed by atoms with van der Waals surface area (Å²) in [7, 11) is 1.47. The van der Waals surface area contributed by atoms with E-state index in [9.17, 15) is 9.59 Å². The number of thioether (sulfide) groups is 1. The maximum atomic E-state index is 11.8. The number of anilines is 1. The van der Waals surface area contributed by atoms with Gasteiger partial charge in [-0.2, -0.15) is 11.8 Å². The molecule has 1 fully saturated rings. The van der Waals surface area contributed by atoms with E-state index >= 15 is 0 Å². The Labute approximate surface area is 147 Å². The highest BCUT2D eigenvalue weighted by atomic mass is 32.2. The van der Waals surface area contributed by atoms with E-state index in [4.69, 9.17) is 0 Å². The monoisotopic (exact) mass is 350 g/mol. The molecule has 1 aromatic rings. The van der Waals surface area contributed by atoms with Gasteiger partial charge in [0.2, 0.25) is 5.91 Å². The quantitative estimate of drug-likeness (QED) is 0.726. The number of carbonyl (C=O) groups excluding carboxylic acids is 2. The third-order valence-corrected chi connectivity index (χ3v) is 4.96. The molecule has 1 atom stereocenters. The Morgan fingerprint density at radius 1 is 1.21 bits per heavy atom. The van der Waals surface area contributed by atoms with Crippen molar-refractivity contribution in [2.24, 2.45) is 0 Å². The molecule has 3 N–H and O–H groups in total. The maximum absolute atomic E-state index is 11.8. The van der Waals surface area contributed by atoms with Gasteiger partial charge in [0.05, 0.1) is 0 Å². The van der Waals surface area contributed by atoms with Gasteiger partial charge in [-0.3, -0.25) is 10.1 Å². The fourth-order valence-corrected chi connectivity index (χ4v) is 3.46. The fourth-order valence-electron chi connectivity index (χ4n) is 2.48. The summed E-state index contributed by atoms with van der Waals surface area (Å²) in [4.78, 5) is 25.5. The smallest absolute Gasteiger partial charge is 0.321 e. The van der Waals surface area contributed by atoms with Crippen LogP contribution in [-0.4, -0.2) is 61.1 Å². The summed E-state index contributed by atoms with van der Waals surface area (Å²) in [5.41, 5.74) is 2.16. The molecule has 3 amide bonds. The van der Waals surface area contributed by atoms with Gasteiger partial charge >= 0.3 is 6.03 Å². The summed E-state index contributed by atoms with van der Waals surface area (Å²) in [6.45, 7) is 5.18. The topological polar surface area (TPSA) is 73.5 Å². The molecule has 2 rings (SSSR count). The van der Waals surface area contributed by atoms with Gasteiger partial charge in [0.25, 0.3) is 0 Å². The average molecular weight is 350 g/mol. The molecule has 0 spiro atoms. The van der Waals surface area contributed by atoms with Crippen molar-refractivity contribution in [3.63, 3.8) is 0 Å². The molecular weight excluding hydrogens is 324 g/mol. The van der Waals surface area contributed by atoms with Gasteiger partial charge < -0.3 is 15.5 Å². The summed E-state index contributed by atoms with van der Waals surface area (Å²) in [5, 5.41) is 7.72. The lowest BCUT2D eigenvalue weighted by molar-refractivity contribution is -0.120. The Bertz CT molecular complexity index is 544. The molecule has 0 saturated carbocycles. The molecule has 7 heteroatoms. The summed E-state index contributed by atoms with van der Waals surface area (Å²) >= 11 is 2.03. The number of amides is 3. The van der Waals surface area contributed by atoms with Crippen LogP contribution in [0.2, 0.25) is 0 Å². The molecule has 1 saturated heterocycles. The molecule has 0 bridgehead atoms. The van der Waals surface area contributed by atoms with Gasteiger partial charge in [-0.15, -0.1) is 0 Å². The first-order valence-electron chi connectivity index (χ1n) is 8.26. The van der Waals surface area contributed by atoms with Crippen molar-refractivity contribution < 1.29 is 9.59 Å². The number of hydrogen-bond donors (Lipinski definition) is 3. The lowest BCUT2D eigenvalue weighted by atomic mass is 10.1. The van der Waals surface area contributed by atoms with Crippen molar-refractivity contribution >= 4 is 29.4 Å². The van der Waals surface area contributed by atoms with Gasteiger partial charge in [0.15, 0.2) is 0 Å². The molecule has 1 aliphatic heterocycles. The minimum atomic E-state index is -0.500. The van der Waals surface area contributed by atoms with Crippen molar-refractivity contribution in [1.29, 1.82) is 0 Å². The SMILES string of the molecule is CNC(=O)NC(=O)[C@H](C)Nc1ccc(CCN2CCSCC2)cc1. The zero-order valence-corrected chi connectivity index (χ0v) is 15.1. The molecular formula is C17H26N4O2S. The first kappa shape index (κ1) is 18.6. The number of carbonyl (C=O) groups is 2. The van der Waals surface area contributed by atoms with Crippen LogP contribution in [0.25, 0.3) is 0 Å². The highest BCUT2D eigenvalue weighted by Crippen LogP contribution is 2.13. The first-order chi connectivity index (χ1) is 11.6. The largest absolute Gasteiger partial charge is 0.374 e. The van der Waals surface area contributed by atoms with E-state index in [0.29, 0.717) is 0 Å². The van der Waals surface area contributed by atoms with Crippen LogP contribution in [-0.2, 0) is 11.2 Å². The first-order valence-corrected chi connectivity index (χ1v) is 9.42. The van der Waals surface area contributed by atoms with Crippen molar-refractivity contribution in [3.05, 3.63) is 29.8 Å². The van der Waals surface area contributed by atoms with Crippen LogP contribution < -0.4 is 16.0 Å². The van der Waals surface area contributed by atoms with E-state index in [1.165, 1.54) is 37.2 Å². The van der Waals surface area contributed by atoms with E-state index in [1.807, 2.05) is 23.9 Å². The van der Waals surface area contributed by atoms with Crippen LogP contribution in [0.1, 0.15) is 12.5 Å². The van der Waals surface area contributed by atoms with Crippen LogP contribution >= 0.6 is 11.8 Å². The number of rotatable bonds is 6. The molecule has 132 valence electrons. The maximum Gasteiger partial charge on any atom is 0.321 e. The minimum absolute atomic E-state index is 0.360. The molecule has 0 aliphatic carbocycles. The zero-order chi connectivity index (χ0) is 17.4. The third-order valence-electron chi connectivity index (χ3n) is 4.01. The number of benzene rings is 1. The normalized spacial score (nSPS) is 16.2. The molecule has 1 aliphatic rings. The number of imide groups is 1. The highest BCUT2D eigenvalue weighted by Gasteiger charge is 2.15. The fraction of sp³-hybridized carbons (Fsp3) is 0.529. The van der Waals surface area contributed by atoms with Crippen molar-refractivity contribution in [3.8, 4) is 0 Å². The summed E-state index contributed by atoms with van der Waals surface area (Å²) in [5.74, 6) is 2.11. The second-order valence-corrected chi connectivity index (χ2v) is 7.06. The van der Waals surface area contributed by atoms with Crippen molar-refractivity contribution in [1.82, 2.24) is 15.5 Å². The average Bonchev–Trinajstić information content (AvgIpc) is 2.61. The second-order valence-electron chi connectivity index (χ2n) is 5.84. The standard InChI is InChI=1S/C17H26N4O2S/c1-13(16(22)20-17(23)18-2)19-15-5-3-14(4-6-15)7-8-21-9-11-24-12-10-21/h3-6,13,19H,7-12H2,1-2H3,(H2,18,20,22,23)/t13-/m0/s1. The Hall–Kier alpha value is -1.73. The van der Waals surface area contributed by atoms with E-state index in [1.54, 1.807) is 6.92 Å². The van der Waals surface area contributed by atoms with Crippen LogP contribution in [0, 0.1) is 0 Å². The van der Waals surface area contributed by atoms with Crippen molar-refractivity contribution in [2.75, 3.05) is 43.5 Å². The van der Waals surface area contributed by atoms with Crippen LogP contribution in [0.4, 0.5) is 10.5 Å². The lowest BCUT2D eigenvalue weighted by Crippen LogP contribution is -2.44. The molecule has 0 radical (unpaired) electrons. The zero-order valence-electron chi connectivity index (χ0n) is 14.3. The predicted molar refractivity (Wildman–Crippen MR) is 99.6 cm³/mol. The molecule has 6 nitrogen and oxygen atoms in total. The Morgan fingerprint density at radius 3 is 2.50 bits per heavy atom. The Morgan fingerprint density at radius 2 is 1.88 bits per heavy atom. The van der Waals surface area contributed by atoms with Crippen LogP contribution in [0.3, 0.4) is 0 Å². The van der Waals surface area contributed by atoms with Crippen molar-refractivity contribution in [2.45, 2.75) is 19.4 Å². The van der Waals surface area contributed by atoms with Gasteiger partial charge in [-0.1, -0.05) is 12.1 Å². The predicted octanol–water partition coefficient (Wildman–Crippen LogP) is 1.53. The molecule has 0 aromatic heterocycles. The molecule has 1 heterocycles. The molecule has 24 heavy (non-hydrogen) atoms. The van der Waals surface area contributed by atoms with Crippen LogP contribution in [0.15, 0.2) is 24.3 Å². The number of hydrogen-bond acceptors (Lipinski definition) is 5. The lowest BCUT2D eigenvalue weighted by Gasteiger charge is -2.26. The summed E-state index contributed by atoms with van der Waals surface area (Å²) in [6.07, 6.45) is 1.04. The van der Waals surface area contributed by atoms with E-state index in [-0.39, 0.29) is 5.91 Å². The van der Waals surface area contributed by atoms with Crippen LogP contribution in [0.5, 0.6) is 0 Å². The van der Waals surface area contributed by atoms with E-state index < -0.39 is 12.1 Å². The number of urea groups is 1. The van der Waals surface area contributed by atoms with Gasteiger partial charge in [0, 0.05) is 43.9 Å². The Kier molecular flexibility index (Phi) is 7.39. The van der Waals surface area contributed by atoms with E-state index in [0.717, 1.165) is 18.7 Å². The number of nitrogens with zero attached hydrogens (tertiary/aromatic N) is 1. The Balaban J connectivity index is 1.78.